The van der Waals surface area contributed by atoms with Crippen LogP contribution in [-0.4, -0.2) is 11.9 Å². The van der Waals surface area contributed by atoms with Gasteiger partial charge in [-0.25, -0.2) is 4.79 Å². The van der Waals surface area contributed by atoms with Crippen molar-refractivity contribution in [2.75, 3.05) is 0 Å². The highest BCUT2D eigenvalue weighted by molar-refractivity contribution is 6.03. The average Bonchev–Trinajstić information content (AvgIpc) is 1.98. The highest BCUT2D eigenvalue weighted by atomic mass is 16.6. The Morgan fingerprint density at radius 1 is 1.55 bits per heavy atom. The summed E-state index contributed by atoms with van der Waals surface area (Å²) in [5.41, 5.74) is 4.67. The van der Waals surface area contributed by atoms with Gasteiger partial charge in [0.25, 0.3) is 0 Å². The SMILES string of the molecule is C=CC(=O)/C(=C\C)OC(N)=O. The first-order valence-electron chi connectivity index (χ1n) is 2.92. The molecule has 0 aromatic carbocycles. The number of hydrogen-bond acceptors (Lipinski definition) is 3. The summed E-state index contributed by atoms with van der Waals surface area (Å²) in [7, 11) is 0. The summed E-state index contributed by atoms with van der Waals surface area (Å²) in [6, 6.07) is 0. The highest BCUT2D eigenvalue weighted by Gasteiger charge is 2.07. The minimum Gasteiger partial charge on any atom is -0.407 e. The first kappa shape index (κ1) is 9.42. The molecule has 0 spiro atoms. The van der Waals surface area contributed by atoms with Crippen molar-refractivity contribution in [3.05, 3.63) is 24.5 Å². The molecule has 0 aliphatic heterocycles. The summed E-state index contributed by atoms with van der Waals surface area (Å²) in [5, 5.41) is 0. The highest BCUT2D eigenvalue weighted by Crippen LogP contribution is 1.98. The van der Waals surface area contributed by atoms with Gasteiger partial charge >= 0.3 is 6.09 Å². The molecule has 0 unspecified atom stereocenters. The van der Waals surface area contributed by atoms with Gasteiger partial charge in [-0.15, -0.1) is 0 Å². The van der Waals surface area contributed by atoms with Crippen LogP contribution in [0.15, 0.2) is 24.5 Å². The lowest BCUT2D eigenvalue weighted by molar-refractivity contribution is -0.113. The Hall–Kier alpha value is -1.58. The number of nitrogens with two attached hydrogens (primary N) is 1. The number of ether oxygens (including phenoxy) is 1. The maximum absolute atomic E-state index is 10.8. The van der Waals surface area contributed by atoms with Crippen molar-refractivity contribution >= 4 is 11.9 Å². The molecule has 0 saturated heterocycles. The molecule has 4 heteroatoms. The molecule has 4 nitrogen and oxygen atoms in total. The van der Waals surface area contributed by atoms with E-state index in [2.05, 4.69) is 17.0 Å². The van der Waals surface area contributed by atoms with Gasteiger partial charge in [0, 0.05) is 0 Å². The second-order valence-electron chi connectivity index (χ2n) is 1.64. The Morgan fingerprint density at radius 3 is 2.36 bits per heavy atom. The summed E-state index contributed by atoms with van der Waals surface area (Å²) in [5.74, 6) is -0.571. The monoisotopic (exact) mass is 155 g/mol. The second kappa shape index (κ2) is 4.27. The summed E-state index contributed by atoms with van der Waals surface area (Å²) in [6.07, 6.45) is 1.38. The zero-order valence-electron chi connectivity index (χ0n) is 6.16. The first-order chi connectivity index (χ1) is 5.11. The molecule has 0 radical (unpaired) electrons. The van der Waals surface area contributed by atoms with E-state index in [1.54, 1.807) is 6.92 Å². The predicted molar refractivity (Wildman–Crippen MR) is 39.6 cm³/mol. The van der Waals surface area contributed by atoms with Crippen LogP contribution in [0.25, 0.3) is 0 Å². The van der Waals surface area contributed by atoms with Gasteiger partial charge in [-0.2, -0.15) is 0 Å². The van der Waals surface area contributed by atoms with Crippen LogP contribution in [-0.2, 0) is 9.53 Å². The van der Waals surface area contributed by atoms with Crippen LogP contribution in [0, 0.1) is 0 Å². The zero-order chi connectivity index (χ0) is 8.85. The van der Waals surface area contributed by atoms with Crippen LogP contribution >= 0.6 is 0 Å². The molecule has 0 aliphatic rings. The Kier molecular flexibility index (Phi) is 3.66. The summed E-state index contributed by atoms with van der Waals surface area (Å²) in [4.78, 5) is 20.9. The molecular formula is C7H9NO3. The van der Waals surface area contributed by atoms with Crippen molar-refractivity contribution < 1.29 is 14.3 Å². The maximum Gasteiger partial charge on any atom is 0.410 e. The third-order valence-corrected chi connectivity index (χ3v) is 0.901. The van der Waals surface area contributed by atoms with Crippen LogP contribution in [0.3, 0.4) is 0 Å². The molecule has 0 aliphatic carbocycles. The molecule has 2 N–H and O–H groups in total. The van der Waals surface area contributed by atoms with Crippen molar-refractivity contribution in [2.45, 2.75) is 6.92 Å². The number of carbonyl (C=O) groups is 2. The molecule has 0 aromatic rings. The van der Waals surface area contributed by atoms with E-state index in [-0.39, 0.29) is 5.76 Å². The lowest BCUT2D eigenvalue weighted by Crippen LogP contribution is -2.15. The smallest absolute Gasteiger partial charge is 0.407 e. The molecule has 11 heavy (non-hydrogen) atoms. The zero-order valence-corrected chi connectivity index (χ0v) is 6.16. The molecule has 60 valence electrons. The Labute approximate surface area is 64.3 Å². The molecule has 0 aromatic heterocycles. The van der Waals surface area contributed by atoms with Crippen molar-refractivity contribution in [2.24, 2.45) is 5.73 Å². The second-order valence-corrected chi connectivity index (χ2v) is 1.64. The van der Waals surface area contributed by atoms with Crippen LogP contribution in [0.5, 0.6) is 0 Å². The van der Waals surface area contributed by atoms with E-state index >= 15 is 0 Å². The minimum atomic E-state index is -1.01. The number of hydrogen-bond donors (Lipinski definition) is 1. The van der Waals surface area contributed by atoms with E-state index in [4.69, 9.17) is 0 Å². The minimum absolute atomic E-state index is 0.104. The Bertz CT molecular complexity index is 218. The van der Waals surface area contributed by atoms with E-state index in [0.717, 1.165) is 6.08 Å². The largest absolute Gasteiger partial charge is 0.410 e. The van der Waals surface area contributed by atoms with Crippen LogP contribution in [0.2, 0.25) is 0 Å². The van der Waals surface area contributed by atoms with Gasteiger partial charge < -0.3 is 10.5 Å². The lowest BCUT2D eigenvalue weighted by atomic mass is 10.3. The third-order valence-electron chi connectivity index (χ3n) is 0.901. The van der Waals surface area contributed by atoms with Gasteiger partial charge in [0.1, 0.15) is 0 Å². The quantitative estimate of drug-likeness (QED) is 0.482. The van der Waals surface area contributed by atoms with Crippen LogP contribution < -0.4 is 5.73 Å². The van der Waals surface area contributed by atoms with Gasteiger partial charge in [-0.1, -0.05) is 6.58 Å². The number of rotatable bonds is 3. The molecule has 1 amide bonds. The number of allylic oxidation sites excluding steroid dienone is 2. The van der Waals surface area contributed by atoms with Gasteiger partial charge in [0.05, 0.1) is 0 Å². The summed E-state index contributed by atoms with van der Waals surface area (Å²) < 4.78 is 4.33. The predicted octanol–water partition coefficient (Wildman–Crippen LogP) is 0.741. The van der Waals surface area contributed by atoms with Crippen LogP contribution in [0.4, 0.5) is 4.79 Å². The number of carbonyl (C=O) groups excluding carboxylic acids is 2. The summed E-state index contributed by atoms with van der Waals surface area (Å²) >= 11 is 0. The number of ketones is 1. The third kappa shape index (κ3) is 3.20. The molecule has 0 heterocycles. The molecular weight excluding hydrogens is 146 g/mol. The van der Waals surface area contributed by atoms with E-state index in [9.17, 15) is 9.59 Å². The van der Waals surface area contributed by atoms with E-state index in [1.807, 2.05) is 0 Å². The lowest BCUT2D eigenvalue weighted by Gasteiger charge is -1.99. The van der Waals surface area contributed by atoms with Crippen molar-refractivity contribution in [3.63, 3.8) is 0 Å². The number of amides is 1. The van der Waals surface area contributed by atoms with Gasteiger partial charge in [-0.05, 0) is 19.1 Å². The maximum atomic E-state index is 10.8. The fourth-order valence-corrected chi connectivity index (χ4v) is 0.460. The van der Waals surface area contributed by atoms with Gasteiger partial charge in [0.2, 0.25) is 5.78 Å². The standard InChI is InChI=1S/C7H9NO3/c1-3-5(9)6(4-2)11-7(8)10/h3-4H,1H2,2H3,(H2,8,10)/b6-4+. The fourth-order valence-electron chi connectivity index (χ4n) is 0.460. The number of primary amides is 1. The first-order valence-corrected chi connectivity index (χ1v) is 2.92. The average molecular weight is 155 g/mol. The van der Waals surface area contributed by atoms with E-state index in [0.29, 0.717) is 0 Å². The van der Waals surface area contributed by atoms with Gasteiger partial charge in [0.15, 0.2) is 5.76 Å². The molecule has 0 rings (SSSR count). The van der Waals surface area contributed by atoms with Crippen molar-refractivity contribution in [1.29, 1.82) is 0 Å². The summed E-state index contributed by atoms with van der Waals surface area (Å²) in [6.45, 7) is 4.77. The molecule has 0 atom stereocenters. The van der Waals surface area contributed by atoms with E-state index in [1.165, 1.54) is 6.08 Å². The van der Waals surface area contributed by atoms with Gasteiger partial charge in [-0.3, -0.25) is 4.79 Å². The topological polar surface area (TPSA) is 69.4 Å². The molecule has 0 bridgehead atoms. The Morgan fingerprint density at radius 2 is 2.09 bits per heavy atom. The Balaban J connectivity index is 4.31. The molecule has 0 fully saturated rings. The molecule has 0 saturated carbocycles. The van der Waals surface area contributed by atoms with Crippen LogP contribution in [0.1, 0.15) is 6.92 Å². The van der Waals surface area contributed by atoms with E-state index < -0.39 is 11.9 Å². The fraction of sp³-hybridized carbons (Fsp3) is 0.143. The van der Waals surface area contributed by atoms with Crippen molar-refractivity contribution in [1.82, 2.24) is 0 Å². The van der Waals surface area contributed by atoms with Crippen molar-refractivity contribution in [3.8, 4) is 0 Å². The normalized spacial score (nSPS) is 10.5.